The number of hydrogen-bond donors (Lipinski definition) is 2. The van der Waals surface area contributed by atoms with E-state index >= 15 is 0 Å². The molecule has 1 saturated heterocycles. The zero-order valence-electron chi connectivity index (χ0n) is 12.9. The van der Waals surface area contributed by atoms with Crippen LogP contribution in [0.4, 0.5) is 10.5 Å². The summed E-state index contributed by atoms with van der Waals surface area (Å²) < 4.78 is 5.52. The van der Waals surface area contributed by atoms with E-state index in [0.29, 0.717) is 19.1 Å². The Morgan fingerprint density at radius 3 is 3.00 bits per heavy atom. The van der Waals surface area contributed by atoms with Crippen LogP contribution in [0.2, 0.25) is 0 Å². The first-order valence-electron chi connectivity index (χ1n) is 7.65. The number of urea groups is 1. The number of anilines is 1. The van der Waals surface area contributed by atoms with Gasteiger partial charge in [0.1, 0.15) is 5.75 Å². The largest absolute Gasteiger partial charge is 0.494 e. The van der Waals surface area contributed by atoms with Crippen molar-refractivity contribution >= 4 is 11.7 Å². The summed E-state index contributed by atoms with van der Waals surface area (Å²) in [5.74, 6) is 1.36. The molecule has 1 atom stereocenters. The second kappa shape index (κ2) is 7.31. The van der Waals surface area contributed by atoms with Crippen LogP contribution < -0.4 is 15.8 Å². The topological polar surface area (TPSA) is 67.6 Å². The van der Waals surface area contributed by atoms with Gasteiger partial charge in [-0.05, 0) is 43.9 Å². The highest BCUT2D eigenvalue weighted by atomic mass is 16.5. The first-order valence-corrected chi connectivity index (χ1v) is 7.65. The van der Waals surface area contributed by atoms with Gasteiger partial charge in [-0.3, -0.25) is 0 Å². The average Bonchev–Trinajstić information content (AvgIpc) is 2.49. The number of benzene rings is 1. The number of hydrogen-bond acceptors (Lipinski definition) is 3. The second-order valence-electron chi connectivity index (χ2n) is 5.58. The molecule has 1 aliphatic rings. The minimum Gasteiger partial charge on any atom is -0.494 e. The SMILES string of the molecule is CCOc1ccc(NC(=O)N2CCCC(C)C2)cc1CN. The molecule has 5 heteroatoms. The summed E-state index contributed by atoms with van der Waals surface area (Å²) in [5, 5.41) is 2.95. The van der Waals surface area contributed by atoms with Gasteiger partial charge in [-0.2, -0.15) is 0 Å². The van der Waals surface area contributed by atoms with E-state index in [1.807, 2.05) is 30.0 Å². The maximum Gasteiger partial charge on any atom is 0.321 e. The van der Waals surface area contributed by atoms with Gasteiger partial charge in [0.25, 0.3) is 0 Å². The van der Waals surface area contributed by atoms with E-state index in [0.717, 1.165) is 36.5 Å². The Balaban J connectivity index is 2.03. The molecule has 2 rings (SSSR count). The molecule has 21 heavy (non-hydrogen) atoms. The molecule has 0 saturated carbocycles. The van der Waals surface area contributed by atoms with Crippen LogP contribution in [0.15, 0.2) is 18.2 Å². The van der Waals surface area contributed by atoms with Crippen molar-refractivity contribution in [2.75, 3.05) is 25.0 Å². The molecule has 116 valence electrons. The van der Waals surface area contributed by atoms with Gasteiger partial charge in [0, 0.05) is 30.9 Å². The van der Waals surface area contributed by atoms with Crippen molar-refractivity contribution in [2.24, 2.45) is 11.7 Å². The lowest BCUT2D eigenvalue weighted by Gasteiger charge is -2.31. The van der Waals surface area contributed by atoms with Crippen molar-refractivity contribution in [1.82, 2.24) is 4.90 Å². The molecule has 2 amide bonds. The van der Waals surface area contributed by atoms with Gasteiger partial charge in [0.15, 0.2) is 0 Å². The molecular weight excluding hydrogens is 266 g/mol. The molecule has 5 nitrogen and oxygen atoms in total. The third-order valence-electron chi connectivity index (χ3n) is 3.78. The quantitative estimate of drug-likeness (QED) is 0.896. The van der Waals surface area contributed by atoms with E-state index in [1.54, 1.807) is 0 Å². The third-order valence-corrected chi connectivity index (χ3v) is 3.78. The molecule has 0 spiro atoms. The van der Waals surface area contributed by atoms with Crippen LogP contribution in [0, 0.1) is 5.92 Å². The summed E-state index contributed by atoms with van der Waals surface area (Å²) in [4.78, 5) is 14.2. The highest BCUT2D eigenvalue weighted by Gasteiger charge is 2.21. The summed E-state index contributed by atoms with van der Waals surface area (Å²) in [6.07, 6.45) is 2.27. The van der Waals surface area contributed by atoms with Gasteiger partial charge in [-0.15, -0.1) is 0 Å². The summed E-state index contributed by atoms with van der Waals surface area (Å²) in [6, 6.07) is 5.57. The van der Waals surface area contributed by atoms with E-state index in [-0.39, 0.29) is 6.03 Å². The maximum atomic E-state index is 12.3. The lowest BCUT2D eigenvalue weighted by molar-refractivity contribution is 0.182. The van der Waals surface area contributed by atoms with E-state index < -0.39 is 0 Å². The van der Waals surface area contributed by atoms with Crippen LogP contribution in [0.25, 0.3) is 0 Å². The Kier molecular flexibility index (Phi) is 5.44. The molecule has 1 aromatic carbocycles. The molecule has 0 aromatic heterocycles. The summed E-state index contributed by atoms with van der Waals surface area (Å²) >= 11 is 0. The van der Waals surface area contributed by atoms with Gasteiger partial charge in [0.2, 0.25) is 0 Å². The highest BCUT2D eigenvalue weighted by Crippen LogP contribution is 2.23. The monoisotopic (exact) mass is 291 g/mol. The summed E-state index contributed by atoms with van der Waals surface area (Å²) in [5.41, 5.74) is 7.41. The number of ether oxygens (including phenoxy) is 1. The number of carbonyl (C=O) groups excluding carboxylic acids is 1. The molecule has 3 N–H and O–H groups in total. The fourth-order valence-electron chi connectivity index (χ4n) is 2.69. The lowest BCUT2D eigenvalue weighted by Crippen LogP contribution is -2.41. The summed E-state index contributed by atoms with van der Waals surface area (Å²) in [7, 11) is 0. The van der Waals surface area contributed by atoms with Crippen molar-refractivity contribution in [3.05, 3.63) is 23.8 Å². The van der Waals surface area contributed by atoms with Crippen LogP contribution in [-0.4, -0.2) is 30.6 Å². The van der Waals surface area contributed by atoms with Crippen LogP contribution in [-0.2, 0) is 6.54 Å². The molecular formula is C16H25N3O2. The fraction of sp³-hybridized carbons (Fsp3) is 0.562. The van der Waals surface area contributed by atoms with Crippen LogP contribution in [0.3, 0.4) is 0 Å². The first kappa shape index (κ1) is 15.6. The first-order chi connectivity index (χ1) is 10.1. The van der Waals surface area contributed by atoms with Crippen molar-refractivity contribution in [3.8, 4) is 5.75 Å². The Morgan fingerprint density at radius 2 is 2.33 bits per heavy atom. The second-order valence-corrected chi connectivity index (χ2v) is 5.58. The van der Waals surface area contributed by atoms with Crippen molar-refractivity contribution < 1.29 is 9.53 Å². The normalized spacial score (nSPS) is 18.4. The lowest BCUT2D eigenvalue weighted by atomic mass is 10.0. The van der Waals surface area contributed by atoms with Crippen molar-refractivity contribution in [1.29, 1.82) is 0 Å². The van der Waals surface area contributed by atoms with E-state index in [9.17, 15) is 4.79 Å². The molecule has 1 aliphatic heterocycles. The number of nitrogens with one attached hydrogen (secondary N) is 1. The number of nitrogens with zero attached hydrogens (tertiary/aromatic N) is 1. The Bertz CT molecular complexity index is 490. The Morgan fingerprint density at radius 1 is 1.52 bits per heavy atom. The molecule has 1 unspecified atom stereocenters. The van der Waals surface area contributed by atoms with Gasteiger partial charge >= 0.3 is 6.03 Å². The third kappa shape index (κ3) is 4.11. The standard InChI is InChI=1S/C16H25N3O2/c1-3-21-15-7-6-14(9-13(15)10-17)18-16(20)19-8-4-5-12(2)11-19/h6-7,9,12H,3-5,8,10-11,17H2,1-2H3,(H,18,20). The van der Waals surface area contributed by atoms with Gasteiger partial charge in [0.05, 0.1) is 6.61 Å². The smallest absolute Gasteiger partial charge is 0.321 e. The molecule has 1 heterocycles. The molecule has 1 aromatic rings. The zero-order valence-corrected chi connectivity index (χ0v) is 12.9. The number of nitrogens with two attached hydrogens (primary N) is 1. The van der Waals surface area contributed by atoms with Gasteiger partial charge in [-0.1, -0.05) is 6.92 Å². The Hall–Kier alpha value is -1.75. The van der Waals surface area contributed by atoms with E-state index in [4.69, 9.17) is 10.5 Å². The molecule has 0 radical (unpaired) electrons. The number of carbonyl (C=O) groups is 1. The predicted molar refractivity (Wildman–Crippen MR) is 84.5 cm³/mol. The number of likely N-dealkylation sites (tertiary alicyclic amines) is 1. The van der Waals surface area contributed by atoms with Crippen LogP contribution >= 0.6 is 0 Å². The van der Waals surface area contributed by atoms with Gasteiger partial charge < -0.3 is 20.7 Å². The maximum absolute atomic E-state index is 12.3. The van der Waals surface area contributed by atoms with Crippen molar-refractivity contribution in [2.45, 2.75) is 33.2 Å². The van der Waals surface area contributed by atoms with Crippen molar-refractivity contribution in [3.63, 3.8) is 0 Å². The van der Waals surface area contributed by atoms with E-state index in [1.165, 1.54) is 6.42 Å². The minimum absolute atomic E-state index is 0.0336. The molecule has 0 bridgehead atoms. The average molecular weight is 291 g/mol. The number of rotatable bonds is 4. The molecule has 0 aliphatic carbocycles. The van der Waals surface area contributed by atoms with E-state index in [2.05, 4.69) is 12.2 Å². The zero-order chi connectivity index (χ0) is 15.2. The van der Waals surface area contributed by atoms with Crippen LogP contribution in [0.5, 0.6) is 5.75 Å². The Labute approximate surface area is 126 Å². The number of amides is 2. The van der Waals surface area contributed by atoms with Crippen LogP contribution in [0.1, 0.15) is 32.3 Å². The predicted octanol–water partition coefficient (Wildman–Crippen LogP) is 2.81. The fourth-order valence-corrected chi connectivity index (χ4v) is 2.69. The summed E-state index contributed by atoms with van der Waals surface area (Å²) in [6.45, 7) is 6.77. The number of piperidine rings is 1. The molecule has 1 fully saturated rings. The van der Waals surface area contributed by atoms with Gasteiger partial charge in [-0.25, -0.2) is 4.79 Å². The highest BCUT2D eigenvalue weighted by molar-refractivity contribution is 5.89. The minimum atomic E-state index is -0.0336.